The zero-order valence-electron chi connectivity index (χ0n) is 20.0. The van der Waals surface area contributed by atoms with Gasteiger partial charge in [0.2, 0.25) is 21.8 Å². The minimum atomic E-state index is -3.89. The summed E-state index contributed by atoms with van der Waals surface area (Å²) in [6.07, 6.45) is 1.72. The van der Waals surface area contributed by atoms with Gasteiger partial charge in [0.15, 0.2) is 0 Å². The van der Waals surface area contributed by atoms with Gasteiger partial charge in [-0.2, -0.15) is 0 Å². The van der Waals surface area contributed by atoms with E-state index in [2.05, 4.69) is 5.32 Å². The van der Waals surface area contributed by atoms with Gasteiger partial charge >= 0.3 is 0 Å². The molecule has 0 aliphatic heterocycles. The first kappa shape index (κ1) is 28.0. The predicted molar refractivity (Wildman–Crippen MR) is 138 cm³/mol. The van der Waals surface area contributed by atoms with Crippen LogP contribution in [-0.4, -0.2) is 50.0 Å². The highest BCUT2D eigenvalue weighted by Gasteiger charge is 2.31. The number of halogens is 2. The van der Waals surface area contributed by atoms with Gasteiger partial charge in [-0.1, -0.05) is 60.0 Å². The van der Waals surface area contributed by atoms with Crippen LogP contribution < -0.4 is 9.62 Å². The van der Waals surface area contributed by atoms with Crippen molar-refractivity contribution in [2.24, 2.45) is 0 Å². The van der Waals surface area contributed by atoms with E-state index in [4.69, 9.17) is 23.2 Å². The van der Waals surface area contributed by atoms with E-state index in [1.54, 1.807) is 6.92 Å². The average Bonchev–Trinajstić information content (AvgIpc) is 2.76. The van der Waals surface area contributed by atoms with Crippen molar-refractivity contribution in [3.05, 3.63) is 63.6 Å². The van der Waals surface area contributed by atoms with Gasteiger partial charge in [0.1, 0.15) is 12.6 Å². The minimum Gasteiger partial charge on any atom is -0.352 e. The molecule has 0 heterocycles. The number of nitrogens with one attached hydrogen (secondary N) is 1. The number of hydrogen-bond donors (Lipinski definition) is 1. The summed E-state index contributed by atoms with van der Waals surface area (Å²) in [7, 11) is -3.89. The third-order valence-corrected chi connectivity index (χ3v) is 7.14. The van der Waals surface area contributed by atoms with Gasteiger partial charge < -0.3 is 10.2 Å². The SMILES string of the molecule is CC[C@@H](C)NC(=O)[C@H](C)N(Cc1cccc(C)c1)C(=O)CN(c1cc(Cl)ccc1Cl)S(C)(=O)=O. The molecule has 0 saturated heterocycles. The Bertz CT molecular complexity index is 1140. The van der Waals surface area contributed by atoms with Crippen LogP contribution in [0.1, 0.15) is 38.3 Å². The first-order valence-electron chi connectivity index (χ1n) is 10.9. The Hall–Kier alpha value is -2.29. The van der Waals surface area contributed by atoms with Crippen LogP contribution in [0.5, 0.6) is 0 Å². The maximum Gasteiger partial charge on any atom is 0.244 e. The first-order valence-corrected chi connectivity index (χ1v) is 13.5. The second-order valence-corrected chi connectivity index (χ2v) is 11.1. The molecule has 2 rings (SSSR count). The van der Waals surface area contributed by atoms with Crippen LogP contribution in [0.2, 0.25) is 10.0 Å². The second-order valence-electron chi connectivity index (χ2n) is 8.37. The molecule has 0 radical (unpaired) electrons. The molecule has 34 heavy (non-hydrogen) atoms. The van der Waals surface area contributed by atoms with E-state index in [9.17, 15) is 18.0 Å². The van der Waals surface area contributed by atoms with Crippen LogP contribution >= 0.6 is 23.2 Å². The standard InChI is InChI=1S/C24H31Cl2N3O4S/c1-6-17(3)27-24(31)18(4)28(14-19-9-7-8-16(2)12-19)23(30)15-29(34(5,32)33)22-13-20(25)10-11-21(22)26/h7-13,17-18H,6,14-15H2,1-5H3,(H,27,31)/t17-,18+/m1/s1. The van der Waals surface area contributed by atoms with E-state index in [1.165, 1.54) is 23.1 Å². The number of hydrogen-bond acceptors (Lipinski definition) is 4. The molecule has 0 aliphatic rings. The Labute approximate surface area is 212 Å². The average molecular weight is 529 g/mol. The van der Waals surface area contributed by atoms with E-state index in [0.29, 0.717) is 0 Å². The van der Waals surface area contributed by atoms with E-state index >= 15 is 0 Å². The highest BCUT2D eigenvalue weighted by molar-refractivity contribution is 7.92. The summed E-state index contributed by atoms with van der Waals surface area (Å²) < 4.78 is 26.1. The zero-order chi connectivity index (χ0) is 25.6. The smallest absolute Gasteiger partial charge is 0.244 e. The third-order valence-electron chi connectivity index (χ3n) is 5.46. The Balaban J connectivity index is 2.43. The van der Waals surface area contributed by atoms with Crippen molar-refractivity contribution in [1.82, 2.24) is 10.2 Å². The number of carbonyl (C=O) groups excluding carboxylic acids is 2. The lowest BCUT2D eigenvalue weighted by Gasteiger charge is -2.32. The van der Waals surface area contributed by atoms with E-state index in [0.717, 1.165) is 28.1 Å². The molecule has 0 spiro atoms. The van der Waals surface area contributed by atoms with Crippen molar-refractivity contribution in [1.29, 1.82) is 0 Å². The molecule has 0 unspecified atom stereocenters. The van der Waals surface area contributed by atoms with Crippen molar-refractivity contribution in [3.8, 4) is 0 Å². The largest absolute Gasteiger partial charge is 0.352 e. The predicted octanol–water partition coefficient (Wildman–Crippen LogP) is 4.40. The molecule has 0 fully saturated rings. The van der Waals surface area contributed by atoms with Gasteiger partial charge in [0.25, 0.3) is 0 Å². The van der Waals surface area contributed by atoms with E-state index in [-0.39, 0.29) is 34.2 Å². The molecule has 1 N–H and O–H groups in total. The summed E-state index contributed by atoms with van der Waals surface area (Å²) in [5, 5.41) is 3.30. The number of amides is 2. The van der Waals surface area contributed by atoms with Crippen LogP contribution in [0.3, 0.4) is 0 Å². The molecule has 0 saturated carbocycles. The summed E-state index contributed by atoms with van der Waals surface area (Å²) >= 11 is 12.3. The molecule has 0 aromatic heterocycles. The Morgan fingerprint density at radius 1 is 1.09 bits per heavy atom. The van der Waals surface area contributed by atoms with E-state index in [1.807, 2.05) is 45.0 Å². The van der Waals surface area contributed by atoms with Crippen LogP contribution in [0, 0.1) is 6.92 Å². The highest BCUT2D eigenvalue weighted by atomic mass is 35.5. The van der Waals surface area contributed by atoms with Crippen molar-refractivity contribution in [2.45, 2.75) is 52.7 Å². The summed E-state index contributed by atoms with van der Waals surface area (Å²) in [6, 6.07) is 11.1. The Morgan fingerprint density at radius 3 is 2.35 bits per heavy atom. The third kappa shape index (κ3) is 7.61. The molecule has 2 amide bonds. The lowest BCUT2D eigenvalue weighted by molar-refractivity contribution is -0.139. The molecular weight excluding hydrogens is 497 g/mol. The van der Waals surface area contributed by atoms with Crippen LogP contribution in [-0.2, 0) is 26.2 Å². The molecule has 0 bridgehead atoms. The van der Waals surface area contributed by atoms with E-state index < -0.39 is 28.5 Å². The number of sulfonamides is 1. The van der Waals surface area contributed by atoms with Gasteiger partial charge in [-0.25, -0.2) is 8.42 Å². The zero-order valence-corrected chi connectivity index (χ0v) is 22.3. The summed E-state index contributed by atoms with van der Waals surface area (Å²) in [6.45, 7) is 6.99. The lowest BCUT2D eigenvalue weighted by atomic mass is 10.1. The maximum absolute atomic E-state index is 13.5. The second kappa shape index (κ2) is 11.9. The molecule has 2 aromatic carbocycles. The van der Waals surface area contributed by atoms with Crippen molar-refractivity contribution < 1.29 is 18.0 Å². The first-order chi connectivity index (χ1) is 15.8. The molecule has 186 valence electrons. The van der Waals surface area contributed by atoms with Crippen LogP contribution in [0.4, 0.5) is 5.69 Å². The molecular formula is C24H31Cl2N3O4S. The number of nitrogens with zero attached hydrogens (tertiary/aromatic N) is 2. The molecule has 7 nitrogen and oxygen atoms in total. The maximum atomic E-state index is 13.5. The Morgan fingerprint density at radius 2 is 1.76 bits per heavy atom. The van der Waals surface area contributed by atoms with Gasteiger partial charge in [0.05, 0.1) is 17.0 Å². The summed E-state index contributed by atoms with van der Waals surface area (Å²) in [5.74, 6) is -0.864. The van der Waals surface area contributed by atoms with Crippen LogP contribution in [0.15, 0.2) is 42.5 Å². The molecule has 0 aliphatic carbocycles. The van der Waals surface area contributed by atoms with Crippen LogP contribution in [0.25, 0.3) is 0 Å². The van der Waals surface area contributed by atoms with Crippen molar-refractivity contribution in [3.63, 3.8) is 0 Å². The van der Waals surface area contributed by atoms with Gasteiger partial charge in [-0.3, -0.25) is 13.9 Å². The minimum absolute atomic E-state index is 0.0661. The number of benzene rings is 2. The van der Waals surface area contributed by atoms with Gasteiger partial charge in [-0.05, 0) is 51.0 Å². The number of carbonyl (C=O) groups is 2. The van der Waals surface area contributed by atoms with Crippen molar-refractivity contribution >= 4 is 50.7 Å². The number of anilines is 1. The highest BCUT2D eigenvalue weighted by Crippen LogP contribution is 2.31. The van der Waals surface area contributed by atoms with Gasteiger partial charge in [0, 0.05) is 17.6 Å². The Kier molecular flexibility index (Phi) is 9.79. The quantitative estimate of drug-likeness (QED) is 0.495. The number of rotatable bonds is 10. The monoisotopic (exact) mass is 527 g/mol. The van der Waals surface area contributed by atoms with Gasteiger partial charge in [-0.15, -0.1) is 0 Å². The lowest BCUT2D eigenvalue weighted by Crippen LogP contribution is -2.52. The molecule has 2 aromatic rings. The normalized spacial score (nSPS) is 13.1. The topological polar surface area (TPSA) is 86.8 Å². The molecule has 10 heteroatoms. The van der Waals surface area contributed by atoms with Crippen molar-refractivity contribution in [2.75, 3.05) is 17.1 Å². The fraction of sp³-hybridized carbons (Fsp3) is 0.417. The fourth-order valence-electron chi connectivity index (χ4n) is 3.33. The summed E-state index contributed by atoms with van der Waals surface area (Å²) in [5.41, 5.74) is 1.92. The number of aryl methyl sites for hydroxylation is 1. The molecule has 2 atom stereocenters. The fourth-order valence-corrected chi connectivity index (χ4v) is 4.62. The summed E-state index contributed by atoms with van der Waals surface area (Å²) in [4.78, 5) is 27.8.